The molecule has 1 atom stereocenters. The van der Waals surface area contributed by atoms with Crippen LogP contribution in [0, 0.1) is 23.2 Å². The second kappa shape index (κ2) is 10.1. The summed E-state index contributed by atoms with van der Waals surface area (Å²) < 4.78 is 0. The van der Waals surface area contributed by atoms with Gasteiger partial charge in [-0.25, -0.2) is 0 Å². The van der Waals surface area contributed by atoms with Gasteiger partial charge in [0.05, 0.1) is 28.4 Å². The van der Waals surface area contributed by atoms with E-state index in [-0.39, 0.29) is 17.9 Å². The summed E-state index contributed by atoms with van der Waals surface area (Å²) >= 11 is 6.36. The first kappa shape index (κ1) is 23.4. The Morgan fingerprint density at radius 2 is 1.76 bits per heavy atom. The quantitative estimate of drug-likeness (QED) is 0.702. The van der Waals surface area contributed by atoms with Crippen LogP contribution in [0.1, 0.15) is 63.4 Å². The molecule has 0 aromatic heterocycles. The van der Waals surface area contributed by atoms with Gasteiger partial charge in [-0.3, -0.25) is 9.80 Å². The van der Waals surface area contributed by atoms with Crippen LogP contribution in [0.4, 0.5) is 5.69 Å². The number of anilines is 1. The topological polar surface area (TPSA) is 83.2 Å². The first-order chi connectivity index (χ1) is 16.5. The molecular weight excluding hydrogens is 450 g/mol. The molecule has 182 valence electrons. The maximum atomic E-state index is 13.0. The van der Waals surface area contributed by atoms with E-state index in [0.717, 1.165) is 43.9 Å². The number of aliphatic hydroxyl groups excluding tert-OH is 1. The molecule has 34 heavy (non-hydrogen) atoms. The number of amidine groups is 1. The zero-order chi connectivity index (χ0) is 23.7. The Labute approximate surface area is 207 Å². The highest BCUT2D eigenvalue weighted by molar-refractivity contribution is 6.32. The Morgan fingerprint density at radius 1 is 1.06 bits per heavy atom. The van der Waals surface area contributed by atoms with Gasteiger partial charge in [0.1, 0.15) is 11.9 Å². The van der Waals surface area contributed by atoms with E-state index in [9.17, 15) is 15.2 Å². The summed E-state index contributed by atoms with van der Waals surface area (Å²) in [6.07, 6.45) is 8.78. The van der Waals surface area contributed by atoms with Crippen molar-refractivity contribution in [1.29, 1.82) is 5.26 Å². The van der Waals surface area contributed by atoms with E-state index in [2.05, 4.69) is 16.0 Å². The molecule has 4 aliphatic rings. The molecule has 0 bridgehead atoms. The number of hydrazone groups is 1. The number of piperidine rings is 2. The average Bonchev–Trinajstić information content (AvgIpc) is 3.54. The van der Waals surface area contributed by atoms with Gasteiger partial charge in [0.2, 0.25) is 5.91 Å². The van der Waals surface area contributed by atoms with Crippen molar-refractivity contribution in [2.75, 3.05) is 31.2 Å². The average molecular weight is 484 g/mol. The van der Waals surface area contributed by atoms with Crippen LogP contribution >= 0.6 is 11.6 Å². The highest BCUT2D eigenvalue weighted by atomic mass is 35.5. The number of rotatable bonds is 3. The van der Waals surface area contributed by atoms with Crippen LogP contribution in [0.3, 0.4) is 0 Å². The largest absolute Gasteiger partial charge is 0.393 e. The fraction of sp³-hybridized carbons (Fsp3) is 0.654. The van der Waals surface area contributed by atoms with Gasteiger partial charge in [0.25, 0.3) is 0 Å². The zero-order valence-electron chi connectivity index (χ0n) is 19.7. The van der Waals surface area contributed by atoms with Crippen LogP contribution in [0.25, 0.3) is 0 Å². The number of nitrogens with zero attached hydrogens (tertiary/aromatic N) is 5. The number of likely N-dealkylation sites (tertiary alicyclic amines) is 2. The van der Waals surface area contributed by atoms with Gasteiger partial charge in [0.15, 0.2) is 0 Å². The molecule has 1 saturated carbocycles. The molecule has 1 aromatic rings. The van der Waals surface area contributed by atoms with E-state index in [4.69, 9.17) is 16.7 Å². The molecule has 1 N–H and O–H groups in total. The number of benzene rings is 1. The van der Waals surface area contributed by atoms with E-state index in [1.807, 2.05) is 17.0 Å². The van der Waals surface area contributed by atoms with Gasteiger partial charge in [-0.15, -0.1) is 0 Å². The Balaban J connectivity index is 1.27. The smallest absolute Gasteiger partial charge is 0.225 e. The SMILES string of the molecule is N#Cc1ccc(N2N=C(N3CCC(C(=O)N4CCC(O)CC4)CC3)CC2C2CCCC2)cc1Cl. The van der Waals surface area contributed by atoms with Gasteiger partial charge in [0, 0.05) is 38.5 Å². The minimum atomic E-state index is -0.256. The standard InChI is InChI=1S/C26H34ClN5O2/c27-23-15-21(6-5-20(23)17-28)32-24(18-3-1-2-4-18)16-25(29-32)30-11-7-19(8-12-30)26(34)31-13-9-22(33)10-14-31/h5-6,15,18-19,22,24,33H,1-4,7-14,16H2. The van der Waals surface area contributed by atoms with Crippen LogP contribution in [0.5, 0.6) is 0 Å². The molecular formula is C26H34ClN5O2. The number of hydrogen-bond acceptors (Lipinski definition) is 6. The maximum absolute atomic E-state index is 13.0. The van der Waals surface area contributed by atoms with Crippen LogP contribution in [-0.2, 0) is 4.79 Å². The zero-order valence-corrected chi connectivity index (χ0v) is 20.5. The molecule has 1 unspecified atom stereocenters. The fourth-order valence-corrected chi connectivity index (χ4v) is 6.35. The lowest BCUT2D eigenvalue weighted by Crippen LogP contribution is -2.47. The van der Waals surface area contributed by atoms with E-state index in [0.29, 0.717) is 48.5 Å². The Bertz CT molecular complexity index is 970. The molecule has 3 aliphatic heterocycles. The molecule has 1 amide bonds. The summed E-state index contributed by atoms with van der Waals surface area (Å²) in [6, 6.07) is 8.07. The second-order valence-electron chi connectivity index (χ2n) is 10.3. The highest BCUT2D eigenvalue weighted by Gasteiger charge is 2.39. The molecule has 3 heterocycles. The summed E-state index contributed by atoms with van der Waals surface area (Å²) in [5.74, 6) is 2.07. The number of halogens is 1. The van der Waals surface area contributed by atoms with E-state index >= 15 is 0 Å². The van der Waals surface area contributed by atoms with E-state index in [1.165, 1.54) is 25.7 Å². The third-order valence-electron chi connectivity index (χ3n) is 8.20. The normalized spacial score (nSPS) is 25.0. The fourth-order valence-electron chi connectivity index (χ4n) is 6.13. The van der Waals surface area contributed by atoms with Gasteiger partial charge in [-0.05, 0) is 62.6 Å². The van der Waals surface area contributed by atoms with Gasteiger partial charge < -0.3 is 14.9 Å². The first-order valence-corrected chi connectivity index (χ1v) is 13.2. The lowest BCUT2D eigenvalue weighted by Gasteiger charge is -2.37. The number of aliphatic hydroxyl groups is 1. The molecule has 8 heteroatoms. The minimum Gasteiger partial charge on any atom is -0.393 e. The predicted molar refractivity (Wildman–Crippen MR) is 133 cm³/mol. The van der Waals surface area contributed by atoms with Crippen molar-refractivity contribution < 1.29 is 9.90 Å². The van der Waals surface area contributed by atoms with Crippen molar-refractivity contribution in [2.24, 2.45) is 16.9 Å². The second-order valence-corrected chi connectivity index (χ2v) is 10.7. The number of amides is 1. The van der Waals surface area contributed by atoms with Crippen LogP contribution in [0.15, 0.2) is 23.3 Å². The third-order valence-corrected chi connectivity index (χ3v) is 8.51. The van der Waals surface area contributed by atoms with Crippen molar-refractivity contribution in [2.45, 2.75) is 69.9 Å². The molecule has 2 saturated heterocycles. The lowest BCUT2D eigenvalue weighted by molar-refractivity contribution is -0.138. The van der Waals surface area contributed by atoms with Crippen molar-refractivity contribution in [3.63, 3.8) is 0 Å². The molecule has 3 fully saturated rings. The minimum absolute atomic E-state index is 0.0764. The monoisotopic (exact) mass is 483 g/mol. The van der Waals surface area contributed by atoms with Crippen LogP contribution in [0.2, 0.25) is 5.02 Å². The maximum Gasteiger partial charge on any atom is 0.225 e. The van der Waals surface area contributed by atoms with Crippen molar-refractivity contribution in [3.05, 3.63) is 28.8 Å². The van der Waals surface area contributed by atoms with Gasteiger partial charge in [-0.1, -0.05) is 24.4 Å². The summed E-state index contributed by atoms with van der Waals surface area (Å²) in [6.45, 7) is 3.06. The van der Waals surface area contributed by atoms with Crippen LogP contribution < -0.4 is 5.01 Å². The number of nitriles is 1. The Kier molecular flexibility index (Phi) is 6.99. The first-order valence-electron chi connectivity index (χ1n) is 12.8. The van der Waals surface area contributed by atoms with Crippen molar-refractivity contribution >= 4 is 29.0 Å². The summed E-state index contributed by atoms with van der Waals surface area (Å²) in [4.78, 5) is 17.3. The van der Waals surface area contributed by atoms with Gasteiger partial charge >= 0.3 is 0 Å². The van der Waals surface area contributed by atoms with Crippen LogP contribution in [-0.4, -0.2) is 65.0 Å². The Hall–Kier alpha value is -2.30. The molecule has 0 radical (unpaired) electrons. The highest BCUT2D eigenvalue weighted by Crippen LogP contribution is 2.39. The van der Waals surface area contributed by atoms with Crippen molar-refractivity contribution in [1.82, 2.24) is 9.80 Å². The van der Waals surface area contributed by atoms with Gasteiger partial charge in [-0.2, -0.15) is 10.4 Å². The molecule has 5 rings (SSSR count). The number of hydrogen-bond donors (Lipinski definition) is 1. The lowest BCUT2D eigenvalue weighted by atomic mass is 9.92. The number of carbonyl (C=O) groups is 1. The van der Waals surface area contributed by atoms with E-state index < -0.39 is 0 Å². The number of carbonyl (C=O) groups excluding carboxylic acids is 1. The Morgan fingerprint density at radius 3 is 2.41 bits per heavy atom. The molecule has 1 aromatic carbocycles. The third kappa shape index (κ3) is 4.76. The van der Waals surface area contributed by atoms with Crippen molar-refractivity contribution in [3.8, 4) is 6.07 Å². The summed E-state index contributed by atoms with van der Waals surface area (Å²) in [7, 11) is 0. The molecule has 0 spiro atoms. The molecule has 7 nitrogen and oxygen atoms in total. The summed E-state index contributed by atoms with van der Waals surface area (Å²) in [5, 5.41) is 26.7. The predicted octanol–water partition coefficient (Wildman–Crippen LogP) is 3.99. The summed E-state index contributed by atoms with van der Waals surface area (Å²) in [5.41, 5.74) is 1.44. The molecule has 1 aliphatic carbocycles. The van der Waals surface area contributed by atoms with E-state index in [1.54, 1.807) is 6.07 Å².